The number of rotatable bonds is 3. The van der Waals surface area contributed by atoms with Gasteiger partial charge < -0.3 is 14.0 Å². The molecule has 190 valence electrons. The van der Waals surface area contributed by atoms with Crippen LogP contribution in [0.25, 0.3) is 0 Å². The third-order valence-corrected chi connectivity index (χ3v) is 11.1. The molecule has 0 amide bonds. The van der Waals surface area contributed by atoms with Crippen LogP contribution in [-0.2, 0) is 42.7 Å². The Morgan fingerprint density at radius 2 is 1.82 bits per heavy atom. The minimum absolute atomic E-state index is 0.0956. The molecule has 0 radical (unpaired) electrons. The maximum atomic E-state index is 11.8. The first-order valence-electron chi connectivity index (χ1n) is 12.9. The van der Waals surface area contributed by atoms with Gasteiger partial charge in [-0.2, -0.15) is 0 Å². The Balaban J connectivity index is 1.28. The van der Waals surface area contributed by atoms with Gasteiger partial charge in [-0.15, -0.1) is 0 Å². The second-order valence-corrected chi connectivity index (χ2v) is 13.9. The monoisotopic (exact) mass is 494 g/mol. The van der Waals surface area contributed by atoms with Crippen LogP contribution in [0.1, 0.15) is 63.9 Å². The van der Waals surface area contributed by atoms with Gasteiger partial charge in [0.05, 0.1) is 11.5 Å². The predicted molar refractivity (Wildman–Crippen MR) is 125 cm³/mol. The van der Waals surface area contributed by atoms with Gasteiger partial charge in [0.15, 0.2) is 21.7 Å². The van der Waals surface area contributed by atoms with Gasteiger partial charge >= 0.3 is 0 Å². The number of fused-ring (bicyclic) bond motifs is 2. The van der Waals surface area contributed by atoms with E-state index in [-0.39, 0.29) is 23.5 Å². The Bertz CT molecular complexity index is 1040. The molecule has 9 heteroatoms. The Morgan fingerprint density at radius 3 is 2.59 bits per heavy atom. The number of nitrogens with zero attached hydrogens (tertiary/aromatic N) is 2. The first-order chi connectivity index (χ1) is 16.1. The number of ether oxygens (including phenoxy) is 2. The Labute approximate surface area is 202 Å². The van der Waals surface area contributed by atoms with Crippen LogP contribution >= 0.6 is 0 Å². The summed E-state index contributed by atoms with van der Waals surface area (Å²) in [5.74, 6) is 1.19. The molecule has 2 bridgehead atoms. The molecule has 5 aliphatic heterocycles. The zero-order chi connectivity index (χ0) is 23.9. The standard InChI is InChI=1S/C25H38N2O6S/c1-16-5-7-20-17(2)22(30-23-25(20)19(16)9-10-24(3,31-23)32-33-25)21-8-6-18(26(21)4)15-27-11-13-34(28,29)14-12-27/h6,8,16-17,19-20,22-23H,5,7,9-15H2,1-4H3/t16-,17-,19+,20+,22-,23-,24-,25-/m1/s1. The summed E-state index contributed by atoms with van der Waals surface area (Å²) < 4.78 is 39.2. The van der Waals surface area contributed by atoms with Crippen LogP contribution in [-0.4, -0.2) is 60.2 Å². The van der Waals surface area contributed by atoms with Gasteiger partial charge in [-0.1, -0.05) is 13.8 Å². The highest BCUT2D eigenvalue weighted by Crippen LogP contribution is 2.62. The van der Waals surface area contributed by atoms with Crippen LogP contribution in [0.4, 0.5) is 0 Å². The Hall–Kier alpha value is -0.970. The quantitative estimate of drug-likeness (QED) is 0.597. The molecule has 0 unspecified atom stereocenters. The summed E-state index contributed by atoms with van der Waals surface area (Å²) >= 11 is 0. The molecule has 8 nitrogen and oxygen atoms in total. The molecule has 0 aromatic carbocycles. The summed E-state index contributed by atoms with van der Waals surface area (Å²) in [5.41, 5.74) is 1.78. The molecule has 34 heavy (non-hydrogen) atoms. The Kier molecular flexibility index (Phi) is 5.52. The molecule has 5 saturated heterocycles. The van der Waals surface area contributed by atoms with Crippen molar-refractivity contribution in [2.24, 2.45) is 30.7 Å². The van der Waals surface area contributed by atoms with Crippen LogP contribution in [0.5, 0.6) is 0 Å². The third kappa shape index (κ3) is 3.53. The average molecular weight is 495 g/mol. The molecule has 6 heterocycles. The largest absolute Gasteiger partial charge is 0.348 e. The van der Waals surface area contributed by atoms with Gasteiger partial charge in [0.2, 0.25) is 5.79 Å². The highest BCUT2D eigenvalue weighted by Gasteiger charge is 2.69. The van der Waals surface area contributed by atoms with Crippen molar-refractivity contribution in [2.45, 2.75) is 76.8 Å². The van der Waals surface area contributed by atoms with Gasteiger partial charge in [-0.25, -0.2) is 18.2 Å². The van der Waals surface area contributed by atoms with Crippen molar-refractivity contribution in [1.82, 2.24) is 9.47 Å². The number of sulfone groups is 1. The van der Waals surface area contributed by atoms with Gasteiger partial charge in [0.25, 0.3) is 0 Å². The fraction of sp³-hybridized carbons (Fsp3) is 0.840. The van der Waals surface area contributed by atoms with E-state index < -0.39 is 27.5 Å². The molecule has 1 spiro atoms. The molecular formula is C25H38N2O6S. The topological polar surface area (TPSA) is 79.2 Å². The first kappa shape index (κ1) is 23.4. The van der Waals surface area contributed by atoms with E-state index in [4.69, 9.17) is 19.2 Å². The van der Waals surface area contributed by atoms with Crippen LogP contribution in [0.3, 0.4) is 0 Å². The van der Waals surface area contributed by atoms with E-state index >= 15 is 0 Å². The van der Waals surface area contributed by atoms with E-state index in [0.717, 1.165) is 31.5 Å². The summed E-state index contributed by atoms with van der Waals surface area (Å²) in [6.07, 6.45) is 3.58. The minimum atomic E-state index is -2.88. The van der Waals surface area contributed by atoms with Crippen LogP contribution in [0.15, 0.2) is 12.1 Å². The lowest BCUT2D eigenvalue weighted by molar-refractivity contribution is -0.571. The number of hydrogen-bond donors (Lipinski definition) is 0. The summed E-state index contributed by atoms with van der Waals surface area (Å²) in [7, 11) is -0.782. The van der Waals surface area contributed by atoms with Gasteiger partial charge in [-0.3, -0.25) is 4.90 Å². The van der Waals surface area contributed by atoms with Crippen LogP contribution < -0.4 is 0 Å². The van der Waals surface area contributed by atoms with Crippen molar-refractivity contribution in [3.63, 3.8) is 0 Å². The van der Waals surface area contributed by atoms with E-state index in [2.05, 4.69) is 42.5 Å². The van der Waals surface area contributed by atoms with E-state index in [1.54, 1.807) is 0 Å². The summed E-state index contributed by atoms with van der Waals surface area (Å²) in [6, 6.07) is 4.33. The smallest absolute Gasteiger partial charge is 0.201 e. The second-order valence-electron chi connectivity index (χ2n) is 11.6. The van der Waals surface area contributed by atoms with Gasteiger partial charge in [0, 0.05) is 50.4 Å². The summed E-state index contributed by atoms with van der Waals surface area (Å²) in [4.78, 5) is 14.5. The molecule has 0 N–H and O–H groups in total. The normalized spacial score (nSPS) is 46.1. The SMILES string of the molecule is C[C@H]1[C@H](c2ccc(CN3CCS(=O)(=O)CC3)n2C)O[C@@H]2O[C@@]3(C)CC[C@H]4[C@H](C)CC[C@@H]1[C@@]24OO3. The fourth-order valence-electron chi connectivity index (χ4n) is 7.40. The molecule has 1 aliphatic carbocycles. The van der Waals surface area contributed by atoms with Crippen molar-refractivity contribution in [3.05, 3.63) is 23.5 Å². The molecule has 6 aliphatic rings. The average Bonchev–Trinajstić information content (AvgIpc) is 2.98. The van der Waals surface area contributed by atoms with E-state index in [9.17, 15) is 8.42 Å². The zero-order valence-corrected chi connectivity index (χ0v) is 21.6. The molecular weight excluding hydrogens is 456 g/mol. The van der Waals surface area contributed by atoms with Crippen molar-refractivity contribution in [3.8, 4) is 0 Å². The summed E-state index contributed by atoms with van der Waals surface area (Å²) in [6.45, 7) is 8.52. The Morgan fingerprint density at radius 1 is 1.06 bits per heavy atom. The molecule has 6 fully saturated rings. The van der Waals surface area contributed by atoms with Crippen molar-refractivity contribution in [1.29, 1.82) is 0 Å². The van der Waals surface area contributed by atoms with Crippen LogP contribution in [0.2, 0.25) is 0 Å². The molecule has 8 atom stereocenters. The van der Waals surface area contributed by atoms with E-state index in [0.29, 0.717) is 30.8 Å². The number of hydrogen-bond acceptors (Lipinski definition) is 7. The van der Waals surface area contributed by atoms with E-state index in [1.807, 2.05) is 6.92 Å². The molecule has 7 rings (SSSR count). The zero-order valence-electron chi connectivity index (χ0n) is 20.7. The lowest BCUT2D eigenvalue weighted by Gasteiger charge is -2.60. The molecule has 1 saturated carbocycles. The van der Waals surface area contributed by atoms with E-state index in [1.165, 1.54) is 12.1 Å². The molecule has 1 aromatic rings. The first-order valence-corrected chi connectivity index (χ1v) is 14.7. The second kappa shape index (κ2) is 8.02. The van der Waals surface area contributed by atoms with Crippen molar-refractivity contribution >= 4 is 9.84 Å². The summed E-state index contributed by atoms with van der Waals surface area (Å²) in [5, 5.41) is 0. The van der Waals surface area contributed by atoms with Crippen molar-refractivity contribution in [2.75, 3.05) is 24.6 Å². The highest BCUT2D eigenvalue weighted by atomic mass is 32.2. The fourth-order valence-corrected chi connectivity index (χ4v) is 8.67. The molecule has 1 aromatic heterocycles. The lowest BCUT2D eigenvalue weighted by Crippen LogP contribution is -2.69. The van der Waals surface area contributed by atoms with Gasteiger partial charge in [-0.05, 0) is 56.1 Å². The van der Waals surface area contributed by atoms with Crippen molar-refractivity contribution < 1.29 is 27.7 Å². The number of aromatic nitrogens is 1. The van der Waals surface area contributed by atoms with Crippen LogP contribution in [0, 0.1) is 23.7 Å². The lowest BCUT2D eigenvalue weighted by atomic mass is 9.57. The maximum absolute atomic E-state index is 11.8. The predicted octanol–water partition coefficient (Wildman–Crippen LogP) is 3.18. The van der Waals surface area contributed by atoms with Gasteiger partial charge in [0.1, 0.15) is 6.10 Å². The highest BCUT2D eigenvalue weighted by molar-refractivity contribution is 7.91. The third-order valence-electron chi connectivity index (χ3n) is 9.54. The minimum Gasteiger partial charge on any atom is -0.348 e. The maximum Gasteiger partial charge on any atom is 0.201 e.